The molecule has 0 fully saturated rings. The van der Waals surface area contributed by atoms with Crippen LogP contribution in [0.25, 0.3) is 0 Å². The molecule has 0 spiro atoms. The van der Waals surface area contributed by atoms with Crippen molar-refractivity contribution in [3.8, 4) is 5.75 Å². The fourth-order valence-corrected chi connectivity index (χ4v) is 2.01. The van der Waals surface area contributed by atoms with Crippen molar-refractivity contribution >= 4 is 21.7 Å². The van der Waals surface area contributed by atoms with Crippen molar-refractivity contribution in [2.24, 2.45) is 0 Å². The average Bonchev–Trinajstić information content (AvgIpc) is 2.52. The maximum atomic E-state index is 12.8. The minimum atomic E-state index is -0.355. The summed E-state index contributed by atoms with van der Waals surface area (Å²) in [6.07, 6.45) is 3.86. The number of ether oxygens (including phenoxy) is 1. The molecule has 2 aromatic carbocycles. The zero-order valence-electron chi connectivity index (χ0n) is 11.3. The minimum Gasteiger partial charge on any atom is -0.490 e. The SMILES string of the molecule is O=C(c1ccc(F)cc1)c1ccc(OCC=CCBr)cc1. The fraction of sp³-hybridized carbons (Fsp3) is 0.118. The maximum Gasteiger partial charge on any atom is 0.193 e. The molecular formula is C17H14BrFO2. The van der Waals surface area contributed by atoms with E-state index >= 15 is 0 Å². The van der Waals surface area contributed by atoms with Crippen molar-refractivity contribution in [2.75, 3.05) is 11.9 Å². The maximum absolute atomic E-state index is 12.8. The van der Waals surface area contributed by atoms with Crippen LogP contribution in [0.5, 0.6) is 5.75 Å². The zero-order valence-corrected chi connectivity index (χ0v) is 12.8. The van der Waals surface area contributed by atoms with E-state index in [1.807, 2.05) is 12.2 Å². The van der Waals surface area contributed by atoms with Crippen LogP contribution in [0.1, 0.15) is 15.9 Å². The van der Waals surface area contributed by atoms with Gasteiger partial charge < -0.3 is 4.74 Å². The van der Waals surface area contributed by atoms with Crippen molar-refractivity contribution in [2.45, 2.75) is 0 Å². The summed E-state index contributed by atoms with van der Waals surface area (Å²) in [6, 6.07) is 12.4. The van der Waals surface area contributed by atoms with Crippen LogP contribution in [0, 0.1) is 5.82 Å². The van der Waals surface area contributed by atoms with E-state index in [0.29, 0.717) is 23.5 Å². The normalized spacial score (nSPS) is 10.8. The van der Waals surface area contributed by atoms with Gasteiger partial charge in [0.15, 0.2) is 5.78 Å². The lowest BCUT2D eigenvalue weighted by Gasteiger charge is -2.05. The Hall–Kier alpha value is -1.94. The summed E-state index contributed by atoms with van der Waals surface area (Å²) in [5, 5.41) is 0.793. The zero-order chi connectivity index (χ0) is 15.1. The molecule has 0 bridgehead atoms. The molecule has 0 saturated carbocycles. The highest BCUT2D eigenvalue weighted by Crippen LogP contribution is 2.16. The van der Waals surface area contributed by atoms with E-state index in [1.165, 1.54) is 24.3 Å². The summed E-state index contributed by atoms with van der Waals surface area (Å²) < 4.78 is 18.3. The van der Waals surface area contributed by atoms with Crippen LogP contribution in [0.4, 0.5) is 4.39 Å². The standard InChI is InChI=1S/C17H14BrFO2/c18-11-1-2-12-21-16-9-5-14(6-10-16)17(20)13-3-7-15(19)8-4-13/h1-10H,11-12H2. The number of alkyl halides is 1. The second-order valence-electron chi connectivity index (χ2n) is 4.30. The Labute approximate surface area is 131 Å². The Morgan fingerprint density at radius 3 is 2.14 bits per heavy atom. The molecule has 0 unspecified atom stereocenters. The first-order valence-corrected chi connectivity index (χ1v) is 7.57. The van der Waals surface area contributed by atoms with Crippen LogP contribution in [0.15, 0.2) is 60.7 Å². The van der Waals surface area contributed by atoms with Gasteiger partial charge in [-0.1, -0.05) is 28.1 Å². The summed E-state index contributed by atoms with van der Waals surface area (Å²) in [5.41, 5.74) is 1.01. The molecule has 2 nitrogen and oxygen atoms in total. The van der Waals surface area contributed by atoms with Gasteiger partial charge in [0.1, 0.15) is 18.2 Å². The average molecular weight is 349 g/mol. The van der Waals surface area contributed by atoms with Gasteiger partial charge in [-0.15, -0.1) is 0 Å². The first kappa shape index (κ1) is 15.4. The number of carbonyl (C=O) groups excluding carboxylic acids is 1. The first-order valence-electron chi connectivity index (χ1n) is 6.45. The molecule has 2 rings (SSSR count). The molecule has 0 aliphatic carbocycles. The lowest BCUT2D eigenvalue weighted by atomic mass is 10.0. The van der Waals surface area contributed by atoms with E-state index in [2.05, 4.69) is 15.9 Å². The number of hydrogen-bond donors (Lipinski definition) is 0. The number of hydrogen-bond acceptors (Lipinski definition) is 2. The number of benzene rings is 2. The molecule has 0 amide bonds. The van der Waals surface area contributed by atoms with Gasteiger partial charge in [0, 0.05) is 16.5 Å². The highest BCUT2D eigenvalue weighted by atomic mass is 79.9. The molecule has 0 heterocycles. The van der Waals surface area contributed by atoms with Crippen molar-refractivity contribution in [1.29, 1.82) is 0 Å². The van der Waals surface area contributed by atoms with E-state index in [1.54, 1.807) is 24.3 Å². The molecule has 0 aliphatic heterocycles. The number of rotatable bonds is 6. The van der Waals surface area contributed by atoms with Crippen LogP contribution in [-0.4, -0.2) is 17.7 Å². The second-order valence-corrected chi connectivity index (χ2v) is 4.94. The fourth-order valence-electron chi connectivity index (χ4n) is 1.75. The van der Waals surface area contributed by atoms with E-state index < -0.39 is 0 Å². The van der Waals surface area contributed by atoms with E-state index in [0.717, 1.165) is 5.33 Å². The van der Waals surface area contributed by atoms with Crippen LogP contribution < -0.4 is 4.74 Å². The van der Waals surface area contributed by atoms with Crippen molar-refractivity contribution in [3.05, 3.63) is 77.6 Å². The number of ketones is 1. The van der Waals surface area contributed by atoms with Crippen molar-refractivity contribution < 1.29 is 13.9 Å². The molecule has 0 N–H and O–H groups in total. The first-order chi connectivity index (χ1) is 10.2. The smallest absolute Gasteiger partial charge is 0.193 e. The summed E-state index contributed by atoms with van der Waals surface area (Å²) in [5.74, 6) is 0.206. The van der Waals surface area contributed by atoms with Gasteiger partial charge >= 0.3 is 0 Å². The van der Waals surface area contributed by atoms with Crippen molar-refractivity contribution in [1.82, 2.24) is 0 Å². The molecule has 21 heavy (non-hydrogen) atoms. The van der Waals surface area contributed by atoms with Gasteiger partial charge in [-0.2, -0.15) is 0 Å². The lowest BCUT2D eigenvalue weighted by Crippen LogP contribution is -2.01. The molecule has 0 radical (unpaired) electrons. The summed E-state index contributed by atoms with van der Waals surface area (Å²) in [6.45, 7) is 0.483. The number of halogens is 2. The minimum absolute atomic E-state index is 0.138. The Bertz CT molecular complexity index is 618. The van der Waals surface area contributed by atoms with E-state index in [4.69, 9.17) is 4.74 Å². The number of carbonyl (C=O) groups is 1. The molecule has 0 aliphatic rings. The van der Waals surface area contributed by atoms with Crippen LogP contribution in [0.2, 0.25) is 0 Å². The van der Waals surface area contributed by atoms with E-state index in [9.17, 15) is 9.18 Å². The van der Waals surface area contributed by atoms with E-state index in [-0.39, 0.29) is 11.6 Å². The third kappa shape index (κ3) is 4.53. The topological polar surface area (TPSA) is 26.3 Å². The molecular weight excluding hydrogens is 335 g/mol. The third-order valence-electron chi connectivity index (χ3n) is 2.82. The van der Waals surface area contributed by atoms with Gasteiger partial charge in [0.05, 0.1) is 0 Å². The highest BCUT2D eigenvalue weighted by Gasteiger charge is 2.08. The van der Waals surface area contributed by atoms with Gasteiger partial charge in [-0.05, 0) is 48.5 Å². The predicted molar refractivity (Wildman–Crippen MR) is 84.7 cm³/mol. The van der Waals surface area contributed by atoms with Crippen LogP contribution in [0.3, 0.4) is 0 Å². The number of allylic oxidation sites excluding steroid dienone is 1. The predicted octanol–water partition coefficient (Wildman–Crippen LogP) is 4.39. The van der Waals surface area contributed by atoms with Gasteiger partial charge in [0.25, 0.3) is 0 Å². The Morgan fingerprint density at radius 1 is 1.00 bits per heavy atom. The lowest BCUT2D eigenvalue weighted by molar-refractivity contribution is 0.103. The van der Waals surface area contributed by atoms with Gasteiger partial charge in [0.2, 0.25) is 0 Å². The van der Waals surface area contributed by atoms with Crippen LogP contribution >= 0.6 is 15.9 Å². The van der Waals surface area contributed by atoms with Gasteiger partial charge in [-0.3, -0.25) is 4.79 Å². The highest BCUT2D eigenvalue weighted by molar-refractivity contribution is 9.09. The quantitative estimate of drug-likeness (QED) is 0.439. The molecule has 0 saturated heterocycles. The van der Waals surface area contributed by atoms with Crippen LogP contribution in [-0.2, 0) is 0 Å². The Balaban J connectivity index is 2.02. The Morgan fingerprint density at radius 2 is 1.57 bits per heavy atom. The summed E-state index contributed by atoms with van der Waals surface area (Å²) in [7, 11) is 0. The molecule has 0 atom stereocenters. The van der Waals surface area contributed by atoms with Gasteiger partial charge in [-0.25, -0.2) is 4.39 Å². The van der Waals surface area contributed by atoms with Crippen molar-refractivity contribution in [3.63, 3.8) is 0 Å². The summed E-state index contributed by atoms with van der Waals surface area (Å²) >= 11 is 3.28. The molecule has 108 valence electrons. The molecule has 2 aromatic rings. The largest absolute Gasteiger partial charge is 0.490 e. The molecule has 0 aromatic heterocycles. The Kier molecular flexibility index (Phi) is 5.69. The third-order valence-corrected chi connectivity index (χ3v) is 3.20. The molecule has 4 heteroatoms. The monoisotopic (exact) mass is 348 g/mol. The second kappa shape index (κ2) is 7.74. The summed E-state index contributed by atoms with van der Waals surface area (Å²) in [4.78, 5) is 12.2.